The highest BCUT2D eigenvalue weighted by molar-refractivity contribution is 5.86. The highest BCUT2D eigenvalue weighted by Crippen LogP contribution is 2.35. The van der Waals surface area contributed by atoms with Crippen molar-refractivity contribution in [3.05, 3.63) is 0 Å². The summed E-state index contributed by atoms with van der Waals surface area (Å²) in [6.45, 7) is -0.468. The highest BCUT2D eigenvalue weighted by atomic mass is 16.6. The Labute approximate surface area is 111 Å². The molecule has 0 amide bonds. The third-order valence-corrected chi connectivity index (χ3v) is 3.06. The topological polar surface area (TPSA) is 175 Å². The lowest BCUT2D eigenvalue weighted by atomic mass is 10.1. The van der Waals surface area contributed by atoms with Gasteiger partial charge >= 0.3 is 0 Å². The number of nitrogens with zero attached hydrogens (tertiary/aromatic N) is 5. The number of aliphatic imine (C=N–C) groups is 1. The van der Waals surface area contributed by atoms with Crippen molar-refractivity contribution in [1.29, 1.82) is 0 Å². The molecule has 0 spiro atoms. The zero-order chi connectivity index (χ0) is 14.4. The number of aromatic nitrogens is 3. The van der Waals surface area contributed by atoms with E-state index >= 15 is 0 Å². The molecule has 12 heteroatoms. The first-order valence-corrected chi connectivity index (χ1v) is 5.70. The van der Waals surface area contributed by atoms with Gasteiger partial charge in [0.15, 0.2) is 6.23 Å². The van der Waals surface area contributed by atoms with Gasteiger partial charge in [0.2, 0.25) is 17.6 Å². The van der Waals surface area contributed by atoms with Crippen LogP contribution in [0.4, 0.5) is 11.6 Å². The van der Waals surface area contributed by atoms with E-state index in [0.29, 0.717) is 5.17 Å². The van der Waals surface area contributed by atoms with Crippen LogP contribution in [0.3, 0.4) is 0 Å². The van der Waals surface area contributed by atoms with E-state index in [9.17, 15) is 15.4 Å². The summed E-state index contributed by atoms with van der Waals surface area (Å²) in [5.74, 6) is -0.120. The van der Waals surface area contributed by atoms with Crippen molar-refractivity contribution in [3.8, 4) is 0 Å². The zero-order valence-electron chi connectivity index (χ0n) is 10.0. The van der Waals surface area contributed by atoms with Gasteiger partial charge in [0.1, 0.15) is 18.3 Å². The predicted octanol–water partition coefficient (Wildman–Crippen LogP) is -3.45. The normalized spacial score (nSPS) is 32.8. The Hall–Kier alpha value is -1.99. The van der Waals surface area contributed by atoms with Crippen LogP contribution in [0.15, 0.2) is 4.99 Å². The number of hydrogen-bond donors (Lipinski definition) is 6. The van der Waals surface area contributed by atoms with E-state index < -0.39 is 31.1 Å². The summed E-state index contributed by atoms with van der Waals surface area (Å²) in [6, 6.07) is 0. The fourth-order valence-electron chi connectivity index (χ4n) is 2.07. The van der Waals surface area contributed by atoms with Crippen molar-refractivity contribution >= 4 is 17.6 Å². The molecular formula is C8H13N7O5. The van der Waals surface area contributed by atoms with Gasteiger partial charge in [-0.1, -0.05) is 5.21 Å². The minimum Gasteiger partial charge on any atom is -0.394 e. The quantitative estimate of drug-likeness (QED) is 0.321. The van der Waals surface area contributed by atoms with Crippen LogP contribution in [-0.4, -0.2) is 66.4 Å². The molecule has 0 aromatic carbocycles. The van der Waals surface area contributed by atoms with Gasteiger partial charge in [-0.2, -0.15) is 9.67 Å². The minimum absolute atomic E-state index is 0.0404. The average Bonchev–Trinajstić information content (AvgIpc) is 2.93. The van der Waals surface area contributed by atoms with Crippen molar-refractivity contribution in [2.75, 3.05) is 11.8 Å². The van der Waals surface area contributed by atoms with Crippen molar-refractivity contribution in [1.82, 2.24) is 20.4 Å². The van der Waals surface area contributed by atoms with E-state index in [4.69, 9.17) is 15.6 Å². The first-order chi connectivity index (χ1) is 9.52. The lowest BCUT2D eigenvalue weighted by molar-refractivity contribution is -0.0584. The van der Waals surface area contributed by atoms with Gasteiger partial charge in [0, 0.05) is 0 Å². The van der Waals surface area contributed by atoms with Crippen molar-refractivity contribution in [3.63, 3.8) is 0 Å². The molecule has 4 atom stereocenters. The fourth-order valence-corrected chi connectivity index (χ4v) is 2.07. The molecule has 2 aliphatic rings. The molecule has 3 heterocycles. The lowest BCUT2D eigenvalue weighted by Gasteiger charge is -2.21. The Morgan fingerprint density at radius 3 is 2.75 bits per heavy atom. The van der Waals surface area contributed by atoms with Gasteiger partial charge in [-0.3, -0.25) is 5.21 Å². The summed E-state index contributed by atoms with van der Waals surface area (Å²) in [5.41, 5.74) is 7.75. The summed E-state index contributed by atoms with van der Waals surface area (Å²) in [5, 5.41) is 46.1. The summed E-state index contributed by atoms with van der Waals surface area (Å²) in [6.07, 6.45) is -4.68. The van der Waals surface area contributed by atoms with Gasteiger partial charge in [0.05, 0.1) is 6.61 Å². The molecular weight excluding hydrogens is 274 g/mol. The van der Waals surface area contributed by atoms with Gasteiger partial charge in [0.25, 0.3) is 0 Å². The van der Waals surface area contributed by atoms with Gasteiger partial charge in [-0.05, 0) is 0 Å². The summed E-state index contributed by atoms with van der Waals surface area (Å²) >= 11 is 0. The monoisotopic (exact) mass is 287 g/mol. The van der Waals surface area contributed by atoms with E-state index in [1.54, 1.807) is 0 Å². The number of fused-ring (bicyclic) bond motifs is 1. The maximum atomic E-state index is 9.92. The number of hydrogen-bond acceptors (Lipinski definition) is 11. The molecule has 20 heavy (non-hydrogen) atoms. The molecule has 110 valence electrons. The SMILES string of the molecule is NC1=Nc2c(nnn2[C@@H]2O[C@H](CO)[C@@H](O)[C@H]2O)N(O)N1. The Bertz CT molecular complexity index is 547. The molecule has 2 aliphatic heterocycles. The van der Waals surface area contributed by atoms with E-state index in [-0.39, 0.29) is 17.6 Å². The second-order valence-electron chi connectivity index (χ2n) is 4.33. The molecule has 12 nitrogen and oxygen atoms in total. The molecule has 1 saturated heterocycles. The predicted molar refractivity (Wildman–Crippen MR) is 61.7 cm³/mol. The van der Waals surface area contributed by atoms with Crippen LogP contribution >= 0.6 is 0 Å². The zero-order valence-corrected chi connectivity index (χ0v) is 10.0. The van der Waals surface area contributed by atoms with Crippen LogP contribution in [0.1, 0.15) is 6.23 Å². The second-order valence-corrected chi connectivity index (χ2v) is 4.33. The Kier molecular flexibility index (Phi) is 2.95. The van der Waals surface area contributed by atoms with Gasteiger partial charge in [-0.15, -0.1) is 10.3 Å². The van der Waals surface area contributed by atoms with Crippen LogP contribution in [-0.2, 0) is 4.74 Å². The lowest BCUT2D eigenvalue weighted by Crippen LogP contribution is -2.46. The smallest absolute Gasteiger partial charge is 0.244 e. The number of anilines is 1. The fraction of sp³-hybridized carbons (Fsp3) is 0.625. The van der Waals surface area contributed by atoms with Crippen LogP contribution in [0.25, 0.3) is 0 Å². The number of rotatable bonds is 2. The standard InChI is InChI=1S/C8H13N7O5/c9-8-10-5-6(15(19)12-8)11-13-14(5)7-4(18)3(17)2(1-16)20-7/h2-4,7,16-19H,1H2,(H3,9,10,12)/t2-,3-,4-,7-/m1/s1. The first-order valence-electron chi connectivity index (χ1n) is 5.70. The van der Waals surface area contributed by atoms with Gasteiger partial charge in [-0.25, -0.2) is 5.43 Å². The van der Waals surface area contributed by atoms with Crippen LogP contribution in [0.2, 0.25) is 0 Å². The molecule has 3 rings (SSSR count). The summed E-state index contributed by atoms with van der Waals surface area (Å²) in [7, 11) is 0. The molecule has 1 fully saturated rings. The first kappa shape index (κ1) is 13.0. The molecule has 0 unspecified atom stereocenters. The molecule has 1 aromatic rings. The van der Waals surface area contributed by atoms with Crippen LogP contribution in [0.5, 0.6) is 0 Å². The molecule has 1 aromatic heterocycles. The Morgan fingerprint density at radius 1 is 1.35 bits per heavy atom. The van der Waals surface area contributed by atoms with Gasteiger partial charge < -0.3 is 25.8 Å². The summed E-state index contributed by atoms with van der Waals surface area (Å²) in [4.78, 5) is 3.90. The third-order valence-electron chi connectivity index (χ3n) is 3.06. The number of nitrogens with one attached hydrogen (secondary N) is 1. The molecule has 0 aliphatic carbocycles. The maximum absolute atomic E-state index is 9.92. The number of ether oxygens (including phenoxy) is 1. The molecule has 0 radical (unpaired) electrons. The van der Waals surface area contributed by atoms with Crippen LogP contribution in [0, 0.1) is 0 Å². The number of nitrogens with two attached hydrogens (primary N) is 1. The molecule has 0 saturated carbocycles. The largest absolute Gasteiger partial charge is 0.394 e. The molecule has 7 N–H and O–H groups in total. The number of aliphatic hydroxyl groups excluding tert-OH is 3. The van der Waals surface area contributed by atoms with E-state index in [2.05, 4.69) is 20.7 Å². The second kappa shape index (κ2) is 4.53. The molecule has 0 bridgehead atoms. The van der Waals surface area contributed by atoms with Crippen molar-refractivity contribution in [2.24, 2.45) is 10.7 Å². The average molecular weight is 287 g/mol. The Balaban J connectivity index is 1.97. The van der Waals surface area contributed by atoms with E-state index in [1.165, 1.54) is 0 Å². The Morgan fingerprint density at radius 2 is 2.10 bits per heavy atom. The van der Waals surface area contributed by atoms with Crippen molar-refractivity contribution in [2.45, 2.75) is 24.5 Å². The number of guanidine groups is 1. The highest BCUT2D eigenvalue weighted by Gasteiger charge is 2.45. The summed E-state index contributed by atoms with van der Waals surface area (Å²) < 4.78 is 6.36. The minimum atomic E-state index is -1.34. The number of aliphatic hydroxyl groups is 3. The third kappa shape index (κ3) is 1.78. The van der Waals surface area contributed by atoms with E-state index in [0.717, 1.165) is 4.68 Å². The van der Waals surface area contributed by atoms with E-state index in [1.807, 2.05) is 0 Å². The van der Waals surface area contributed by atoms with Crippen molar-refractivity contribution < 1.29 is 25.3 Å². The number of hydrazine groups is 1. The van der Waals surface area contributed by atoms with Crippen LogP contribution < -0.4 is 16.3 Å². The maximum Gasteiger partial charge on any atom is 0.244 e.